The van der Waals surface area contributed by atoms with Crippen molar-refractivity contribution >= 4 is 40.6 Å². The monoisotopic (exact) mass is 440 g/mol. The molecule has 1 N–H and O–H groups in total. The maximum absolute atomic E-state index is 13.8. The SMILES string of the molecule is O=C(CCN1CCC(C(=O)c2cc(F)ccc2F)CC1)Nc1c(Cl)cccc1Cl. The fourth-order valence-electron chi connectivity index (χ4n) is 3.40. The van der Waals surface area contributed by atoms with Crippen LogP contribution in [0, 0.1) is 17.6 Å². The molecule has 3 rings (SSSR count). The molecule has 2 aromatic carbocycles. The number of nitrogens with one attached hydrogen (secondary N) is 1. The molecule has 154 valence electrons. The van der Waals surface area contributed by atoms with E-state index >= 15 is 0 Å². The van der Waals surface area contributed by atoms with Gasteiger partial charge in [0.15, 0.2) is 5.78 Å². The zero-order valence-electron chi connectivity index (χ0n) is 15.6. The third-order valence-electron chi connectivity index (χ3n) is 5.03. The molecule has 29 heavy (non-hydrogen) atoms. The van der Waals surface area contributed by atoms with Crippen LogP contribution in [0.5, 0.6) is 0 Å². The third kappa shape index (κ3) is 5.53. The lowest BCUT2D eigenvalue weighted by atomic mass is 9.88. The molecule has 2 aromatic rings. The molecule has 0 unspecified atom stereocenters. The summed E-state index contributed by atoms with van der Waals surface area (Å²) < 4.78 is 27.2. The second-order valence-corrected chi connectivity index (χ2v) is 7.81. The summed E-state index contributed by atoms with van der Waals surface area (Å²) in [5.41, 5.74) is 0.196. The van der Waals surface area contributed by atoms with E-state index in [1.54, 1.807) is 18.2 Å². The van der Waals surface area contributed by atoms with Gasteiger partial charge in [-0.05, 0) is 56.3 Å². The number of likely N-dealkylation sites (tertiary alicyclic amines) is 1. The summed E-state index contributed by atoms with van der Waals surface area (Å²) in [6, 6.07) is 7.91. The van der Waals surface area contributed by atoms with Crippen LogP contribution >= 0.6 is 23.2 Å². The molecule has 1 heterocycles. The number of carbonyl (C=O) groups is 2. The second kappa shape index (κ2) is 9.65. The molecule has 0 atom stereocenters. The third-order valence-corrected chi connectivity index (χ3v) is 5.66. The maximum atomic E-state index is 13.8. The van der Waals surface area contributed by atoms with Gasteiger partial charge in [-0.25, -0.2) is 8.78 Å². The predicted octanol–water partition coefficient (Wildman–Crippen LogP) is 5.20. The summed E-state index contributed by atoms with van der Waals surface area (Å²) >= 11 is 12.1. The molecule has 1 fully saturated rings. The van der Waals surface area contributed by atoms with Crippen molar-refractivity contribution in [2.75, 3.05) is 25.0 Å². The van der Waals surface area contributed by atoms with Crippen molar-refractivity contribution in [1.29, 1.82) is 0 Å². The quantitative estimate of drug-likeness (QED) is 0.628. The first kappa shape index (κ1) is 21.7. The molecule has 0 aromatic heterocycles. The number of Topliss-reactive ketones (excluding diaryl/α,β-unsaturated/α-hetero) is 1. The number of piperidine rings is 1. The van der Waals surface area contributed by atoms with E-state index in [4.69, 9.17) is 23.2 Å². The van der Waals surface area contributed by atoms with Gasteiger partial charge in [0.1, 0.15) is 11.6 Å². The average molecular weight is 441 g/mol. The van der Waals surface area contributed by atoms with Crippen molar-refractivity contribution in [3.63, 3.8) is 0 Å². The molecule has 0 aliphatic carbocycles. The zero-order chi connectivity index (χ0) is 21.0. The molecular formula is C21H20Cl2F2N2O2. The van der Waals surface area contributed by atoms with E-state index in [9.17, 15) is 18.4 Å². The number of hydrogen-bond acceptors (Lipinski definition) is 3. The van der Waals surface area contributed by atoms with Crippen molar-refractivity contribution in [2.24, 2.45) is 5.92 Å². The number of halogens is 4. The number of nitrogens with zero attached hydrogens (tertiary/aromatic N) is 1. The first-order chi connectivity index (χ1) is 13.8. The highest BCUT2D eigenvalue weighted by Crippen LogP contribution is 2.30. The first-order valence-electron chi connectivity index (χ1n) is 9.30. The molecule has 1 amide bonds. The Morgan fingerprint density at radius 3 is 2.38 bits per heavy atom. The van der Waals surface area contributed by atoms with E-state index in [0.717, 1.165) is 18.2 Å². The van der Waals surface area contributed by atoms with Gasteiger partial charge in [0, 0.05) is 18.9 Å². The molecule has 0 bridgehead atoms. The number of benzene rings is 2. The van der Waals surface area contributed by atoms with Gasteiger partial charge < -0.3 is 10.2 Å². The van der Waals surface area contributed by atoms with E-state index in [0.29, 0.717) is 48.2 Å². The first-order valence-corrected chi connectivity index (χ1v) is 10.1. The van der Waals surface area contributed by atoms with Crippen molar-refractivity contribution in [3.8, 4) is 0 Å². The fourth-order valence-corrected chi connectivity index (χ4v) is 3.90. The number of para-hydroxylation sites is 1. The summed E-state index contributed by atoms with van der Waals surface area (Å²) in [6.07, 6.45) is 1.32. The Balaban J connectivity index is 1.48. The van der Waals surface area contributed by atoms with Crippen LogP contribution in [-0.2, 0) is 4.79 Å². The largest absolute Gasteiger partial charge is 0.324 e. The minimum atomic E-state index is -0.700. The van der Waals surface area contributed by atoms with Crippen LogP contribution < -0.4 is 5.32 Å². The van der Waals surface area contributed by atoms with E-state index in [-0.39, 0.29) is 29.6 Å². The molecular weight excluding hydrogens is 421 g/mol. The smallest absolute Gasteiger partial charge is 0.225 e. The molecule has 4 nitrogen and oxygen atoms in total. The van der Waals surface area contributed by atoms with Crippen molar-refractivity contribution in [1.82, 2.24) is 4.90 Å². The lowest BCUT2D eigenvalue weighted by molar-refractivity contribution is -0.116. The number of amides is 1. The standard InChI is InChI=1S/C21H20Cl2F2N2O2/c22-16-2-1-3-17(23)20(16)26-19(28)8-11-27-9-6-13(7-10-27)21(29)15-12-14(24)4-5-18(15)25/h1-5,12-13H,6-11H2,(H,26,28). The normalized spacial score (nSPS) is 15.3. The molecule has 1 saturated heterocycles. The summed E-state index contributed by atoms with van der Waals surface area (Å²) in [4.78, 5) is 26.8. The average Bonchev–Trinajstić information content (AvgIpc) is 2.71. The fraction of sp³-hybridized carbons (Fsp3) is 0.333. The van der Waals surface area contributed by atoms with E-state index in [1.165, 1.54) is 0 Å². The number of rotatable bonds is 6. The number of ketones is 1. The van der Waals surface area contributed by atoms with Crippen LogP contribution in [-0.4, -0.2) is 36.2 Å². The van der Waals surface area contributed by atoms with Gasteiger partial charge in [0.25, 0.3) is 0 Å². The maximum Gasteiger partial charge on any atom is 0.225 e. The Labute approximate surface area is 177 Å². The Bertz CT molecular complexity index is 895. The van der Waals surface area contributed by atoms with Crippen LogP contribution in [0.25, 0.3) is 0 Å². The summed E-state index contributed by atoms with van der Waals surface area (Å²) in [6.45, 7) is 1.73. The van der Waals surface area contributed by atoms with Gasteiger partial charge in [-0.2, -0.15) is 0 Å². The molecule has 1 aliphatic heterocycles. The van der Waals surface area contributed by atoms with Crippen LogP contribution in [0.4, 0.5) is 14.5 Å². The lowest BCUT2D eigenvalue weighted by Crippen LogP contribution is -2.38. The zero-order valence-corrected chi connectivity index (χ0v) is 17.1. The summed E-state index contributed by atoms with van der Waals surface area (Å²) in [7, 11) is 0. The van der Waals surface area contributed by atoms with Crippen LogP contribution in [0.1, 0.15) is 29.6 Å². The lowest BCUT2D eigenvalue weighted by Gasteiger charge is -2.31. The second-order valence-electron chi connectivity index (χ2n) is 7.00. The number of hydrogen-bond donors (Lipinski definition) is 1. The van der Waals surface area contributed by atoms with Gasteiger partial charge in [0.05, 0.1) is 21.3 Å². The molecule has 0 saturated carbocycles. The minimum absolute atomic E-state index is 0.195. The van der Waals surface area contributed by atoms with Crippen molar-refractivity contribution < 1.29 is 18.4 Å². The van der Waals surface area contributed by atoms with E-state index < -0.39 is 11.6 Å². The molecule has 0 spiro atoms. The molecule has 8 heteroatoms. The van der Waals surface area contributed by atoms with Gasteiger partial charge in [0.2, 0.25) is 5.91 Å². The van der Waals surface area contributed by atoms with E-state index in [1.807, 2.05) is 0 Å². The Kier molecular flexibility index (Phi) is 7.22. The van der Waals surface area contributed by atoms with Gasteiger partial charge >= 0.3 is 0 Å². The highest BCUT2D eigenvalue weighted by atomic mass is 35.5. The van der Waals surface area contributed by atoms with Crippen molar-refractivity contribution in [3.05, 3.63) is 63.6 Å². The van der Waals surface area contributed by atoms with Crippen LogP contribution in [0.2, 0.25) is 10.0 Å². The molecule has 0 radical (unpaired) electrons. The number of anilines is 1. The molecule has 1 aliphatic rings. The summed E-state index contributed by atoms with van der Waals surface area (Å²) in [5, 5.41) is 3.46. The Morgan fingerprint density at radius 1 is 1.07 bits per heavy atom. The predicted molar refractivity (Wildman–Crippen MR) is 110 cm³/mol. The highest BCUT2D eigenvalue weighted by molar-refractivity contribution is 6.39. The van der Waals surface area contributed by atoms with Gasteiger partial charge in [-0.1, -0.05) is 29.3 Å². The summed E-state index contributed by atoms with van der Waals surface area (Å²) in [5.74, 6) is -2.25. The van der Waals surface area contributed by atoms with Crippen molar-refractivity contribution in [2.45, 2.75) is 19.3 Å². The Morgan fingerprint density at radius 2 is 1.72 bits per heavy atom. The van der Waals surface area contributed by atoms with E-state index in [2.05, 4.69) is 10.2 Å². The number of carbonyl (C=O) groups excluding carboxylic acids is 2. The Hall–Kier alpha value is -2.02. The topological polar surface area (TPSA) is 49.4 Å². The van der Waals surface area contributed by atoms with Crippen LogP contribution in [0.15, 0.2) is 36.4 Å². The van der Waals surface area contributed by atoms with Gasteiger partial charge in [-0.15, -0.1) is 0 Å². The van der Waals surface area contributed by atoms with Crippen LogP contribution in [0.3, 0.4) is 0 Å². The van der Waals surface area contributed by atoms with Gasteiger partial charge in [-0.3, -0.25) is 9.59 Å². The minimum Gasteiger partial charge on any atom is -0.324 e. The highest BCUT2D eigenvalue weighted by Gasteiger charge is 2.27.